The molecular formula is C9H9F2N3O2S. The number of halogens is 2. The van der Waals surface area contributed by atoms with Crippen molar-refractivity contribution in [2.45, 2.75) is 4.90 Å². The number of rotatable bonds is 4. The minimum Gasteiger partial charge on any atom is -0.409 e. The van der Waals surface area contributed by atoms with Gasteiger partial charge in [-0.3, -0.25) is 4.79 Å². The van der Waals surface area contributed by atoms with Gasteiger partial charge >= 0.3 is 0 Å². The number of thioether (sulfide) groups is 1. The number of amides is 1. The lowest BCUT2D eigenvalue weighted by Gasteiger charge is -2.06. The highest BCUT2D eigenvalue weighted by Crippen LogP contribution is 2.26. The first-order valence-corrected chi connectivity index (χ1v) is 5.32. The molecule has 0 aliphatic rings. The molecule has 0 heterocycles. The van der Waals surface area contributed by atoms with E-state index in [0.717, 1.165) is 12.1 Å². The molecule has 17 heavy (non-hydrogen) atoms. The molecule has 5 nitrogen and oxygen atoms in total. The fourth-order valence-electron chi connectivity index (χ4n) is 1.05. The molecule has 0 aromatic heterocycles. The lowest BCUT2D eigenvalue weighted by Crippen LogP contribution is -2.15. The summed E-state index contributed by atoms with van der Waals surface area (Å²) < 4.78 is 26.9. The van der Waals surface area contributed by atoms with Crippen LogP contribution in [-0.4, -0.2) is 22.7 Å². The van der Waals surface area contributed by atoms with E-state index >= 15 is 0 Å². The molecule has 0 saturated heterocycles. The fourth-order valence-corrected chi connectivity index (χ4v) is 1.73. The molecule has 1 aromatic carbocycles. The molecule has 92 valence electrons. The maximum Gasteiger partial charge on any atom is 0.227 e. The lowest BCUT2D eigenvalue weighted by atomic mass is 10.2. The predicted octanol–water partition coefficient (Wildman–Crippen LogP) is 0.637. The Kier molecular flexibility index (Phi) is 4.27. The van der Waals surface area contributed by atoms with Crippen molar-refractivity contribution >= 4 is 23.5 Å². The summed E-state index contributed by atoms with van der Waals surface area (Å²) in [6, 6.07) is 1.81. The van der Waals surface area contributed by atoms with Gasteiger partial charge in [0, 0.05) is 5.56 Å². The zero-order chi connectivity index (χ0) is 13.0. The van der Waals surface area contributed by atoms with Gasteiger partial charge in [-0.2, -0.15) is 0 Å². The zero-order valence-corrected chi connectivity index (χ0v) is 9.30. The van der Waals surface area contributed by atoms with E-state index in [9.17, 15) is 13.6 Å². The Morgan fingerprint density at radius 2 is 1.88 bits per heavy atom. The summed E-state index contributed by atoms with van der Waals surface area (Å²) in [5, 5.41) is 11.0. The third-order valence-corrected chi connectivity index (χ3v) is 2.87. The topological polar surface area (TPSA) is 102 Å². The van der Waals surface area contributed by atoms with E-state index in [0.29, 0.717) is 11.8 Å². The van der Waals surface area contributed by atoms with Gasteiger partial charge in [0.2, 0.25) is 5.91 Å². The highest BCUT2D eigenvalue weighted by Gasteiger charge is 2.14. The van der Waals surface area contributed by atoms with Crippen LogP contribution in [0.3, 0.4) is 0 Å². The van der Waals surface area contributed by atoms with Crippen molar-refractivity contribution in [1.29, 1.82) is 0 Å². The van der Waals surface area contributed by atoms with Crippen LogP contribution in [0.2, 0.25) is 0 Å². The highest BCUT2D eigenvalue weighted by molar-refractivity contribution is 8.00. The average Bonchev–Trinajstić information content (AvgIpc) is 2.26. The summed E-state index contributed by atoms with van der Waals surface area (Å²) in [6.45, 7) is 0. The third-order valence-electron chi connectivity index (χ3n) is 1.76. The molecule has 0 spiro atoms. The summed E-state index contributed by atoms with van der Waals surface area (Å²) in [5.41, 5.74) is 9.96. The Morgan fingerprint density at radius 3 is 2.29 bits per heavy atom. The molecule has 0 aliphatic heterocycles. The summed E-state index contributed by atoms with van der Waals surface area (Å²) in [4.78, 5) is 10.2. The monoisotopic (exact) mass is 261 g/mol. The number of nitrogens with zero attached hydrogens (tertiary/aromatic N) is 1. The number of hydrogen-bond donors (Lipinski definition) is 3. The minimum atomic E-state index is -0.905. The molecule has 5 N–H and O–H groups in total. The van der Waals surface area contributed by atoms with Crippen LogP contribution < -0.4 is 11.5 Å². The Balaban J connectivity index is 3.06. The predicted molar refractivity (Wildman–Crippen MR) is 58.8 cm³/mol. The van der Waals surface area contributed by atoms with E-state index in [2.05, 4.69) is 5.16 Å². The number of nitrogens with two attached hydrogens (primary N) is 2. The van der Waals surface area contributed by atoms with Crippen LogP contribution in [0.5, 0.6) is 0 Å². The average molecular weight is 261 g/mol. The second-order valence-electron chi connectivity index (χ2n) is 3.01. The summed E-state index contributed by atoms with van der Waals surface area (Å²) in [6.07, 6.45) is 0. The van der Waals surface area contributed by atoms with Crippen LogP contribution >= 0.6 is 11.8 Å². The Bertz CT molecular complexity index is 456. The van der Waals surface area contributed by atoms with E-state index in [1.54, 1.807) is 0 Å². The van der Waals surface area contributed by atoms with Crippen molar-refractivity contribution in [3.63, 3.8) is 0 Å². The maximum atomic E-state index is 13.5. The first-order chi connectivity index (χ1) is 7.95. The summed E-state index contributed by atoms with van der Waals surface area (Å²) >= 11 is 0.642. The van der Waals surface area contributed by atoms with Crippen molar-refractivity contribution in [3.8, 4) is 0 Å². The zero-order valence-electron chi connectivity index (χ0n) is 8.48. The van der Waals surface area contributed by atoms with Gasteiger partial charge in [0.05, 0.1) is 10.6 Å². The van der Waals surface area contributed by atoms with Crippen LogP contribution in [0.15, 0.2) is 22.2 Å². The molecule has 0 bridgehead atoms. The van der Waals surface area contributed by atoms with Gasteiger partial charge in [-0.1, -0.05) is 5.16 Å². The smallest absolute Gasteiger partial charge is 0.227 e. The van der Waals surface area contributed by atoms with Gasteiger partial charge < -0.3 is 16.7 Å². The van der Waals surface area contributed by atoms with Crippen molar-refractivity contribution in [3.05, 3.63) is 29.3 Å². The van der Waals surface area contributed by atoms with Crippen molar-refractivity contribution in [2.24, 2.45) is 16.6 Å². The molecule has 0 aliphatic carbocycles. The molecule has 0 atom stereocenters. The van der Waals surface area contributed by atoms with Gasteiger partial charge in [0.1, 0.15) is 11.6 Å². The largest absolute Gasteiger partial charge is 0.409 e. The number of primary amides is 1. The highest BCUT2D eigenvalue weighted by atomic mass is 32.2. The minimum absolute atomic E-state index is 0.0917. The number of carbonyl (C=O) groups is 1. The fraction of sp³-hybridized carbons (Fsp3) is 0.111. The van der Waals surface area contributed by atoms with Crippen LogP contribution in [0.4, 0.5) is 8.78 Å². The Morgan fingerprint density at radius 1 is 1.35 bits per heavy atom. The van der Waals surface area contributed by atoms with Crippen LogP contribution in [0.1, 0.15) is 5.56 Å². The van der Waals surface area contributed by atoms with Crippen molar-refractivity contribution in [1.82, 2.24) is 0 Å². The third kappa shape index (κ3) is 3.31. The number of benzene rings is 1. The van der Waals surface area contributed by atoms with Crippen LogP contribution in [-0.2, 0) is 4.79 Å². The quantitative estimate of drug-likeness (QED) is 0.243. The Labute approximate surface area is 99.5 Å². The van der Waals surface area contributed by atoms with Crippen LogP contribution in [0.25, 0.3) is 0 Å². The normalized spacial score (nSPS) is 11.5. The van der Waals surface area contributed by atoms with Crippen molar-refractivity contribution < 1.29 is 18.8 Å². The molecule has 0 unspecified atom stereocenters. The van der Waals surface area contributed by atoms with Crippen LogP contribution in [0, 0.1) is 11.6 Å². The first kappa shape index (κ1) is 13.2. The van der Waals surface area contributed by atoms with Gasteiger partial charge in [0.25, 0.3) is 0 Å². The molecule has 1 aromatic rings. The van der Waals surface area contributed by atoms with Crippen molar-refractivity contribution in [2.75, 3.05) is 5.75 Å². The summed E-state index contributed by atoms with van der Waals surface area (Å²) in [5.74, 6) is -3.14. The van der Waals surface area contributed by atoms with Gasteiger partial charge in [-0.25, -0.2) is 8.78 Å². The van der Waals surface area contributed by atoms with E-state index in [1.165, 1.54) is 0 Å². The second kappa shape index (κ2) is 5.48. The van der Waals surface area contributed by atoms with Gasteiger partial charge in [-0.15, -0.1) is 11.8 Å². The van der Waals surface area contributed by atoms with E-state index in [1.807, 2.05) is 0 Å². The van der Waals surface area contributed by atoms with Gasteiger partial charge in [0.15, 0.2) is 5.84 Å². The molecule has 0 fully saturated rings. The maximum absolute atomic E-state index is 13.5. The number of amidine groups is 1. The second-order valence-corrected chi connectivity index (χ2v) is 3.99. The first-order valence-electron chi connectivity index (χ1n) is 4.33. The Hall–Kier alpha value is -1.83. The molecule has 1 amide bonds. The molecule has 1 rings (SSSR count). The molecule has 8 heteroatoms. The number of hydrogen-bond acceptors (Lipinski definition) is 4. The SMILES string of the molecule is NC(=O)CSc1c(F)cc(C(N)=NO)cc1F. The number of carbonyl (C=O) groups excluding carboxylic acids is 1. The standard InChI is InChI=1S/C9H9F2N3O2S/c10-5-1-4(9(13)14-16)2-6(11)8(5)17-3-7(12)15/h1-2,16H,3H2,(H2,12,15)(H2,13,14). The van der Waals surface area contributed by atoms with E-state index in [-0.39, 0.29) is 16.2 Å². The van der Waals surface area contributed by atoms with E-state index < -0.39 is 23.4 Å². The number of oxime groups is 1. The molecule has 0 saturated carbocycles. The molecular weight excluding hydrogens is 252 g/mol. The van der Waals surface area contributed by atoms with E-state index in [4.69, 9.17) is 16.7 Å². The lowest BCUT2D eigenvalue weighted by molar-refractivity contribution is -0.115. The molecule has 0 radical (unpaired) electrons. The summed E-state index contributed by atoms with van der Waals surface area (Å²) in [7, 11) is 0. The van der Waals surface area contributed by atoms with Gasteiger partial charge in [-0.05, 0) is 12.1 Å².